The maximum atomic E-state index is 5.84. The molecule has 0 bridgehead atoms. The van der Waals surface area contributed by atoms with E-state index >= 15 is 0 Å². The van der Waals surface area contributed by atoms with Crippen molar-refractivity contribution < 1.29 is 4.74 Å². The SMILES string of the molecule is Cc1cccc(C)c1Oc1ccc(-c2cccs2)nn1. The van der Waals surface area contributed by atoms with Gasteiger partial charge in [-0.25, -0.2) is 0 Å². The minimum Gasteiger partial charge on any atom is -0.437 e. The Balaban J connectivity index is 1.85. The van der Waals surface area contributed by atoms with Gasteiger partial charge in [0.25, 0.3) is 0 Å². The van der Waals surface area contributed by atoms with Gasteiger partial charge in [0.2, 0.25) is 5.88 Å². The van der Waals surface area contributed by atoms with Crippen molar-refractivity contribution in [1.29, 1.82) is 0 Å². The molecule has 0 N–H and O–H groups in total. The van der Waals surface area contributed by atoms with Gasteiger partial charge in [0, 0.05) is 6.07 Å². The predicted molar refractivity (Wildman–Crippen MR) is 81.3 cm³/mol. The third kappa shape index (κ3) is 2.56. The number of aryl methyl sites for hydroxylation is 2. The van der Waals surface area contributed by atoms with Gasteiger partial charge in [-0.1, -0.05) is 24.3 Å². The Labute approximate surface area is 121 Å². The summed E-state index contributed by atoms with van der Waals surface area (Å²) in [4.78, 5) is 1.11. The van der Waals surface area contributed by atoms with Crippen LogP contribution in [-0.2, 0) is 0 Å². The third-order valence-corrected chi connectivity index (χ3v) is 3.92. The summed E-state index contributed by atoms with van der Waals surface area (Å²) in [5, 5.41) is 10.4. The van der Waals surface area contributed by atoms with Crippen LogP contribution in [0.2, 0.25) is 0 Å². The number of nitrogens with zero attached hydrogens (tertiary/aromatic N) is 2. The molecule has 0 aliphatic carbocycles. The lowest BCUT2D eigenvalue weighted by molar-refractivity contribution is 0.449. The number of para-hydroxylation sites is 1. The second-order valence-corrected chi connectivity index (χ2v) is 5.50. The molecule has 3 aromatic rings. The smallest absolute Gasteiger partial charge is 0.238 e. The van der Waals surface area contributed by atoms with Gasteiger partial charge < -0.3 is 4.74 Å². The zero-order chi connectivity index (χ0) is 13.9. The Morgan fingerprint density at radius 3 is 2.30 bits per heavy atom. The fraction of sp³-hybridized carbons (Fsp3) is 0.125. The summed E-state index contributed by atoms with van der Waals surface area (Å²) in [6.07, 6.45) is 0. The van der Waals surface area contributed by atoms with Crippen molar-refractivity contribution in [2.75, 3.05) is 0 Å². The van der Waals surface area contributed by atoms with Gasteiger partial charge in [0.05, 0.1) is 4.88 Å². The van der Waals surface area contributed by atoms with Crippen LogP contribution in [0.4, 0.5) is 0 Å². The van der Waals surface area contributed by atoms with E-state index in [1.165, 1.54) is 0 Å². The molecule has 0 aliphatic rings. The quantitative estimate of drug-likeness (QED) is 0.703. The average molecular weight is 282 g/mol. The van der Waals surface area contributed by atoms with Gasteiger partial charge in [0.15, 0.2) is 0 Å². The van der Waals surface area contributed by atoms with Crippen LogP contribution < -0.4 is 4.74 Å². The van der Waals surface area contributed by atoms with E-state index in [2.05, 4.69) is 10.2 Å². The van der Waals surface area contributed by atoms with Crippen molar-refractivity contribution in [3.05, 3.63) is 59.0 Å². The van der Waals surface area contributed by atoms with E-state index < -0.39 is 0 Å². The Bertz CT molecular complexity index is 686. The van der Waals surface area contributed by atoms with Gasteiger partial charge in [-0.15, -0.1) is 21.5 Å². The minimum absolute atomic E-state index is 0.516. The summed E-state index contributed by atoms with van der Waals surface area (Å²) in [6, 6.07) is 13.9. The number of hydrogen-bond acceptors (Lipinski definition) is 4. The first kappa shape index (κ1) is 12.8. The van der Waals surface area contributed by atoms with Crippen LogP contribution in [0.25, 0.3) is 10.6 Å². The molecule has 20 heavy (non-hydrogen) atoms. The first-order valence-corrected chi connectivity index (χ1v) is 7.23. The fourth-order valence-corrected chi connectivity index (χ4v) is 2.69. The van der Waals surface area contributed by atoms with E-state index in [1.807, 2.05) is 61.7 Å². The van der Waals surface area contributed by atoms with Crippen LogP contribution in [-0.4, -0.2) is 10.2 Å². The van der Waals surface area contributed by atoms with Gasteiger partial charge >= 0.3 is 0 Å². The van der Waals surface area contributed by atoms with Crippen LogP contribution in [0.15, 0.2) is 47.8 Å². The molecular formula is C16H14N2OS. The summed E-state index contributed by atoms with van der Waals surface area (Å²) in [5.74, 6) is 1.37. The molecule has 0 fully saturated rings. The lowest BCUT2D eigenvalue weighted by Gasteiger charge is -2.10. The van der Waals surface area contributed by atoms with E-state index in [4.69, 9.17) is 4.74 Å². The first-order valence-electron chi connectivity index (χ1n) is 6.36. The van der Waals surface area contributed by atoms with Gasteiger partial charge in [0.1, 0.15) is 11.4 Å². The van der Waals surface area contributed by atoms with Crippen LogP contribution in [0, 0.1) is 13.8 Å². The van der Waals surface area contributed by atoms with Crippen molar-refractivity contribution in [1.82, 2.24) is 10.2 Å². The van der Waals surface area contributed by atoms with E-state index in [0.29, 0.717) is 5.88 Å². The fourth-order valence-electron chi connectivity index (χ4n) is 1.99. The lowest BCUT2D eigenvalue weighted by atomic mass is 10.1. The number of thiophene rings is 1. The Morgan fingerprint density at radius 1 is 0.900 bits per heavy atom. The molecule has 4 heteroatoms. The number of benzene rings is 1. The Hall–Kier alpha value is -2.20. The topological polar surface area (TPSA) is 35.0 Å². The van der Waals surface area contributed by atoms with Gasteiger partial charge in [-0.05, 0) is 42.5 Å². The molecule has 0 amide bonds. The maximum absolute atomic E-state index is 5.84. The number of aromatic nitrogens is 2. The summed E-state index contributed by atoms with van der Waals surface area (Å²) in [5.41, 5.74) is 3.05. The Kier molecular flexibility index (Phi) is 3.48. The van der Waals surface area contributed by atoms with E-state index in [0.717, 1.165) is 27.4 Å². The highest BCUT2D eigenvalue weighted by Gasteiger charge is 2.07. The highest BCUT2D eigenvalue weighted by molar-refractivity contribution is 7.13. The second-order valence-electron chi connectivity index (χ2n) is 4.56. The molecular weight excluding hydrogens is 268 g/mol. The number of rotatable bonds is 3. The molecule has 0 saturated heterocycles. The van der Waals surface area contributed by atoms with E-state index in [-0.39, 0.29) is 0 Å². The highest BCUT2D eigenvalue weighted by Crippen LogP contribution is 2.28. The molecule has 2 aromatic heterocycles. The summed E-state index contributed by atoms with van der Waals surface area (Å²) in [6.45, 7) is 4.05. The predicted octanol–water partition coefficient (Wildman–Crippen LogP) is 4.61. The maximum Gasteiger partial charge on any atom is 0.238 e. The van der Waals surface area contributed by atoms with Crippen LogP contribution in [0.1, 0.15) is 11.1 Å². The molecule has 1 aromatic carbocycles. The molecule has 0 saturated carbocycles. The second kappa shape index (κ2) is 5.43. The summed E-state index contributed by atoms with van der Waals surface area (Å²) >= 11 is 1.65. The highest BCUT2D eigenvalue weighted by atomic mass is 32.1. The van der Waals surface area contributed by atoms with E-state index in [1.54, 1.807) is 11.3 Å². The molecule has 0 radical (unpaired) electrons. The van der Waals surface area contributed by atoms with Crippen LogP contribution in [0.5, 0.6) is 11.6 Å². The van der Waals surface area contributed by atoms with Gasteiger partial charge in [-0.2, -0.15) is 0 Å². The van der Waals surface area contributed by atoms with Crippen molar-refractivity contribution in [3.8, 4) is 22.2 Å². The van der Waals surface area contributed by atoms with Crippen LogP contribution >= 0.6 is 11.3 Å². The molecule has 3 rings (SSSR count). The molecule has 0 aliphatic heterocycles. The molecule has 0 spiro atoms. The zero-order valence-corrected chi connectivity index (χ0v) is 12.1. The molecule has 0 atom stereocenters. The van der Waals surface area contributed by atoms with Crippen molar-refractivity contribution in [3.63, 3.8) is 0 Å². The third-order valence-electron chi connectivity index (χ3n) is 3.03. The molecule has 100 valence electrons. The largest absolute Gasteiger partial charge is 0.437 e. The Morgan fingerprint density at radius 2 is 1.70 bits per heavy atom. The summed E-state index contributed by atoms with van der Waals surface area (Å²) in [7, 11) is 0. The first-order chi connectivity index (χ1) is 9.74. The monoisotopic (exact) mass is 282 g/mol. The van der Waals surface area contributed by atoms with Crippen molar-refractivity contribution >= 4 is 11.3 Å². The molecule has 0 unspecified atom stereocenters. The normalized spacial score (nSPS) is 10.5. The van der Waals surface area contributed by atoms with Crippen molar-refractivity contribution in [2.24, 2.45) is 0 Å². The van der Waals surface area contributed by atoms with E-state index in [9.17, 15) is 0 Å². The lowest BCUT2D eigenvalue weighted by Crippen LogP contribution is -1.95. The standard InChI is InChI=1S/C16H14N2OS/c1-11-5-3-6-12(2)16(11)19-15-9-8-13(17-18-15)14-7-4-10-20-14/h3-10H,1-2H3. The summed E-state index contributed by atoms with van der Waals surface area (Å²) < 4.78 is 5.84. The molecule has 2 heterocycles. The number of hydrogen-bond donors (Lipinski definition) is 0. The zero-order valence-electron chi connectivity index (χ0n) is 11.3. The van der Waals surface area contributed by atoms with Crippen LogP contribution in [0.3, 0.4) is 0 Å². The minimum atomic E-state index is 0.516. The number of ether oxygens (including phenoxy) is 1. The molecule has 3 nitrogen and oxygen atoms in total. The average Bonchev–Trinajstić information content (AvgIpc) is 2.98. The van der Waals surface area contributed by atoms with Crippen molar-refractivity contribution in [2.45, 2.75) is 13.8 Å². The van der Waals surface area contributed by atoms with Gasteiger partial charge in [-0.3, -0.25) is 0 Å².